The Balaban J connectivity index is 1.72. The number of hydrogen-bond donors (Lipinski definition) is 3. The Morgan fingerprint density at radius 3 is 2.81 bits per heavy atom. The van der Waals surface area contributed by atoms with E-state index in [1.54, 1.807) is 6.33 Å². The van der Waals surface area contributed by atoms with Crippen molar-refractivity contribution in [2.75, 3.05) is 17.2 Å². The average Bonchev–Trinajstić information content (AvgIpc) is 3.14. The first-order valence-electron chi connectivity index (χ1n) is 9.16. The van der Waals surface area contributed by atoms with E-state index in [1.807, 2.05) is 24.5 Å². The molecule has 1 fully saturated rings. The number of rotatable bonds is 6. The molecule has 4 rings (SSSR count). The van der Waals surface area contributed by atoms with Gasteiger partial charge in [-0.15, -0.1) is 0 Å². The van der Waals surface area contributed by atoms with Gasteiger partial charge in [0.2, 0.25) is 11.9 Å². The number of fused-ring (bicyclic) bond motifs is 1. The Labute approximate surface area is 151 Å². The first-order chi connectivity index (χ1) is 12.5. The summed E-state index contributed by atoms with van der Waals surface area (Å²) >= 11 is 0. The number of allylic oxidation sites excluding steroid dienone is 1. The number of aliphatic hydroxyl groups excluding tert-OH is 1. The molecule has 2 aliphatic carbocycles. The minimum atomic E-state index is -0.151. The first-order valence-corrected chi connectivity index (χ1v) is 9.16. The third kappa shape index (κ3) is 3.29. The van der Waals surface area contributed by atoms with Crippen LogP contribution in [0, 0.1) is 11.8 Å². The van der Waals surface area contributed by atoms with Gasteiger partial charge in [-0.2, -0.15) is 9.97 Å². The van der Waals surface area contributed by atoms with E-state index in [9.17, 15) is 9.90 Å². The van der Waals surface area contributed by atoms with E-state index in [4.69, 9.17) is 0 Å². The van der Waals surface area contributed by atoms with E-state index in [1.165, 1.54) is 0 Å². The van der Waals surface area contributed by atoms with Crippen molar-refractivity contribution in [1.29, 1.82) is 0 Å². The van der Waals surface area contributed by atoms with Crippen LogP contribution in [-0.4, -0.2) is 43.2 Å². The third-order valence-corrected chi connectivity index (χ3v) is 4.84. The van der Waals surface area contributed by atoms with Crippen LogP contribution in [0.3, 0.4) is 0 Å². The highest BCUT2D eigenvalue weighted by atomic mass is 16.3. The van der Waals surface area contributed by atoms with Crippen LogP contribution in [0.1, 0.15) is 39.2 Å². The van der Waals surface area contributed by atoms with Gasteiger partial charge in [-0.3, -0.25) is 10.1 Å². The molecular weight excluding hydrogens is 332 g/mol. The Morgan fingerprint density at radius 1 is 1.35 bits per heavy atom. The lowest BCUT2D eigenvalue weighted by atomic mass is 10.1. The summed E-state index contributed by atoms with van der Waals surface area (Å²) in [7, 11) is 0. The van der Waals surface area contributed by atoms with Gasteiger partial charge in [0.15, 0.2) is 17.0 Å². The van der Waals surface area contributed by atoms with Gasteiger partial charge in [0, 0.05) is 24.5 Å². The lowest BCUT2D eigenvalue weighted by molar-refractivity contribution is -0.118. The minimum Gasteiger partial charge on any atom is -0.396 e. The molecule has 26 heavy (non-hydrogen) atoms. The summed E-state index contributed by atoms with van der Waals surface area (Å²) < 4.78 is 1.99. The molecule has 0 aromatic carbocycles. The summed E-state index contributed by atoms with van der Waals surface area (Å²) in [6.45, 7) is 3.80. The monoisotopic (exact) mass is 356 g/mol. The normalized spacial score (nSPS) is 22.3. The number of carbonyl (C=O) groups excluding carboxylic acids is 1. The maximum absolute atomic E-state index is 12.1. The van der Waals surface area contributed by atoms with Crippen molar-refractivity contribution < 1.29 is 9.90 Å². The summed E-state index contributed by atoms with van der Waals surface area (Å²) in [4.78, 5) is 25.6. The molecule has 2 heterocycles. The van der Waals surface area contributed by atoms with Gasteiger partial charge in [0.1, 0.15) is 0 Å². The van der Waals surface area contributed by atoms with Crippen LogP contribution in [0.5, 0.6) is 0 Å². The number of aromatic nitrogens is 4. The Hall–Kier alpha value is -2.48. The average molecular weight is 356 g/mol. The van der Waals surface area contributed by atoms with Gasteiger partial charge in [0.05, 0.1) is 12.4 Å². The number of anilines is 2. The van der Waals surface area contributed by atoms with E-state index >= 15 is 0 Å². The molecule has 1 saturated carbocycles. The SMILES string of the molecule is CC(C)C(=O)Nc1nc(NC2CC2)c2ncn([C@@H]3C=C[C@H](CO)C3)c2n1. The molecule has 0 radical (unpaired) electrons. The second-order valence-electron chi connectivity index (χ2n) is 7.41. The van der Waals surface area contributed by atoms with Crippen LogP contribution in [0.4, 0.5) is 11.8 Å². The van der Waals surface area contributed by atoms with Crippen LogP contribution >= 0.6 is 0 Å². The molecule has 0 aliphatic heterocycles. The highest BCUT2D eigenvalue weighted by Crippen LogP contribution is 2.33. The zero-order valence-corrected chi connectivity index (χ0v) is 15.0. The molecule has 2 aromatic heterocycles. The maximum atomic E-state index is 12.1. The maximum Gasteiger partial charge on any atom is 0.233 e. The van der Waals surface area contributed by atoms with E-state index in [0.717, 1.165) is 19.3 Å². The van der Waals surface area contributed by atoms with Gasteiger partial charge >= 0.3 is 0 Å². The largest absolute Gasteiger partial charge is 0.396 e. The summed E-state index contributed by atoms with van der Waals surface area (Å²) in [5, 5.41) is 15.6. The van der Waals surface area contributed by atoms with Gasteiger partial charge in [-0.25, -0.2) is 4.98 Å². The van der Waals surface area contributed by atoms with Crippen LogP contribution < -0.4 is 10.6 Å². The predicted octanol–water partition coefficient (Wildman–Crippen LogP) is 2.10. The molecule has 2 atom stereocenters. The van der Waals surface area contributed by atoms with Crippen LogP contribution in [0.25, 0.3) is 11.2 Å². The fourth-order valence-electron chi connectivity index (χ4n) is 3.09. The summed E-state index contributed by atoms with van der Waals surface area (Å²) in [6, 6.07) is 0.506. The molecule has 0 saturated heterocycles. The second-order valence-corrected chi connectivity index (χ2v) is 7.41. The second kappa shape index (κ2) is 6.68. The molecule has 138 valence electrons. The third-order valence-electron chi connectivity index (χ3n) is 4.84. The standard InChI is InChI=1S/C18H24N6O2/c1-10(2)17(26)23-18-21-15(20-12-4-5-12)14-16(22-18)24(9-19-14)13-6-3-11(7-13)8-25/h3,6,9-13,25H,4-5,7-8H2,1-2H3,(H2,20,21,22,23,26)/t11-,13+/m0/s1. The quantitative estimate of drug-likeness (QED) is 0.685. The molecule has 0 spiro atoms. The van der Waals surface area contributed by atoms with Crippen molar-refractivity contribution in [3.05, 3.63) is 18.5 Å². The number of nitrogens with zero attached hydrogens (tertiary/aromatic N) is 4. The molecular formula is C18H24N6O2. The predicted molar refractivity (Wildman–Crippen MR) is 98.8 cm³/mol. The number of nitrogens with one attached hydrogen (secondary N) is 2. The van der Waals surface area contributed by atoms with Gasteiger partial charge in [-0.05, 0) is 19.3 Å². The highest BCUT2D eigenvalue weighted by Gasteiger charge is 2.26. The topological polar surface area (TPSA) is 105 Å². The van der Waals surface area contributed by atoms with Crippen molar-refractivity contribution in [3.8, 4) is 0 Å². The zero-order valence-electron chi connectivity index (χ0n) is 15.0. The fraction of sp³-hybridized carbons (Fsp3) is 0.556. The van der Waals surface area contributed by atoms with Gasteiger partial charge < -0.3 is 15.0 Å². The molecule has 1 amide bonds. The Morgan fingerprint density at radius 2 is 2.15 bits per heavy atom. The zero-order chi connectivity index (χ0) is 18.3. The number of amides is 1. The molecule has 8 nitrogen and oxygen atoms in total. The molecule has 8 heteroatoms. The molecule has 0 unspecified atom stereocenters. The van der Waals surface area contributed by atoms with E-state index in [2.05, 4.69) is 31.7 Å². The number of carbonyl (C=O) groups is 1. The Kier molecular flexibility index (Phi) is 4.36. The highest BCUT2D eigenvalue weighted by molar-refractivity contribution is 5.92. The molecule has 3 N–H and O–H groups in total. The lowest BCUT2D eigenvalue weighted by Gasteiger charge is -2.14. The first kappa shape index (κ1) is 17.0. The van der Waals surface area contributed by atoms with Crippen molar-refractivity contribution in [2.24, 2.45) is 11.8 Å². The Bertz CT molecular complexity index is 855. The number of aliphatic hydroxyl groups is 1. The van der Waals surface area contributed by atoms with Crippen molar-refractivity contribution in [3.63, 3.8) is 0 Å². The summed E-state index contributed by atoms with van der Waals surface area (Å²) in [5.74, 6) is 0.845. The van der Waals surface area contributed by atoms with Crippen molar-refractivity contribution in [2.45, 2.75) is 45.2 Å². The van der Waals surface area contributed by atoms with Crippen LogP contribution in [0.15, 0.2) is 18.5 Å². The van der Waals surface area contributed by atoms with Crippen molar-refractivity contribution >= 4 is 28.8 Å². The number of hydrogen-bond acceptors (Lipinski definition) is 6. The minimum absolute atomic E-state index is 0.0921. The fourth-order valence-corrected chi connectivity index (χ4v) is 3.09. The van der Waals surface area contributed by atoms with Gasteiger partial charge in [-0.1, -0.05) is 26.0 Å². The number of imidazole rings is 1. The molecule has 2 aliphatic rings. The lowest BCUT2D eigenvalue weighted by Crippen LogP contribution is -2.20. The van der Waals surface area contributed by atoms with E-state index in [-0.39, 0.29) is 30.4 Å². The molecule has 2 aromatic rings. The van der Waals surface area contributed by atoms with Crippen molar-refractivity contribution in [1.82, 2.24) is 19.5 Å². The summed E-state index contributed by atoms with van der Waals surface area (Å²) in [5.41, 5.74) is 1.40. The summed E-state index contributed by atoms with van der Waals surface area (Å²) in [6.07, 6.45) is 8.91. The van der Waals surface area contributed by atoms with E-state index < -0.39 is 0 Å². The van der Waals surface area contributed by atoms with Crippen LogP contribution in [0.2, 0.25) is 0 Å². The smallest absolute Gasteiger partial charge is 0.233 e. The van der Waals surface area contributed by atoms with Gasteiger partial charge in [0.25, 0.3) is 0 Å². The van der Waals surface area contributed by atoms with E-state index in [0.29, 0.717) is 29.0 Å². The molecule has 0 bridgehead atoms. The van der Waals surface area contributed by atoms with Crippen LogP contribution in [-0.2, 0) is 4.79 Å².